The molecular formula is C24H34N2O. The smallest absolute Gasteiger partial charge is 0.233 e. The maximum Gasteiger partial charge on any atom is 0.233 e. The topological polar surface area (TPSA) is 23.6 Å². The maximum absolute atomic E-state index is 13.8. The molecule has 0 spiro atoms. The highest BCUT2D eigenvalue weighted by Crippen LogP contribution is 2.49. The largest absolute Gasteiger partial charge is 0.340 e. The molecule has 0 aromatic heterocycles. The normalized spacial score (nSPS) is 26.9. The maximum atomic E-state index is 13.8. The van der Waals surface area contributed by atoms with Gasteiger partial charge in [0.05, 0.1) is 5.41 Å². The summed E-state index contributed by atoms with van der Waals surface area (Å²) in [6.45, 7) is 6.40. The van der Waals surface area contributed by atoms with Crippen LogP contribution >= 0.6 is 0 Å². The highest BCUT2D eigenvalue weighted by molar-refractivity contribution is 5.91. The van der Waals surface area contributed by atoms with Crippen molar-refractivity contribution < 1.29 is 4.79 Å². The van der Waals surface area contributed by atoms with Crippen LogP contribution < -0.4 is 0 Å². The third-order valence-electron chi connectivity index (χ3n) is 6.97. The second-order valence-electron chi connectivity index (χ2n) is 8.73. The van der Waals surface area contributed by atoms with Crippen molar-refractivity contribution in [3.63, 3.8) is 0 Å². The number of likely N-dealkylation sites (tertiary alicyclic amines) is 1. The Morgan fingerprint density at radius 3 is 2.63 bits per heavy atom. The number of allylic oxidation sites excluding steroid dienone is 2. The van der Waals surface area contributed by atoms with Crippen molar-refractivity contribution in [3.05, 3.63) is 48.0 Å². The van der Waals surface area contributed by atoms with E-state index in [1.165, 1.54) is 37.8 Å². The van der Waals surface area contributed by atoms with Gasteiger partial charge in [0.1, 0.15) is 0 Å². The van der Waals surface area contributed by atoms with Gasteiger partial charge in [-0.05, 0) is 69.5 Å². The number of likely N-dealkylation sites (N-methyl/N-ethyl adjacent to an activating group) is 1. The highest BCUT2D eigenvalue weighted by atomic mass is 16.2. The zero-order valence-electron chi connectivity index (χ0n) is 16.8. The Hall–Kier alpha value is -1.61. The van der Waals surface area contributed by atoms with Gasteiger partial charge >= 0.3 is 0 Å². The summed E-state index contributed by atoms with van der Waals surface area (Å²) in [5.41, 5.74) is 0.990. The number of amides is 1. The predicted octanol–water partition coefficient (Wildman–Crippen LogP) is 4.39. The van der Waals surface area contributed by atoms with Crippen LogP contribution in [0.2, 0.25) is 0 Å². The molecule has 1 aromatic rings. The van der Waals surface area contributed by atoms with Crippen LogP contribution in [0.5, 0.6) is 0 Å². The summed E-state index contributed by atoms with van der Waals surface area (Å²) in [5.74, 6) is 1.02. The van der Waals surface area contributed by atoms with Crippen LogP contribution in [0.15, 0.2) is 42.5 Å². The van der Waals surface area contributed by atoms with Gasteiger partial charge in [-0.2, -0.15) is 0 Å². The zero-order chi connectivity index (χ0) is 18.7. The number of carbonyl (C=O) groups is 1. The van der Waals surface area contributed by atoms with E-state index >= 15 is 0 Å². The number of benzene rings is 1. The molecule has 1 heterocycles. The van der Waals surface area contributed by atoms with Gasteiger partial charge in [0.25, 0.3) is 0 Å². The third-order valence-corrected chi connectivity index (χ3v) is 6.97. The molecule has 2 fully saturated rings. The summed E-state index contributed by atoms with van der Waals surface area (Å²) in [7, 11) is 0. The SMILES string of the molecule is CCN1CCC[C@H]1CN(C[C@H]1CC=CCC1)C(=O)C1(c2ccccc2)CC1. The van der Waals surface area contributed by atoms with Crippen molar-refractivity contribution in [2.75, 3.05) is 26.2 Å². The first-order chi connectivity index (χ1) is 13.2. The molecular weight excluding hydrogens is 332 g/mol. The van der Waals surface area contributed by atoms with Crippen molar-refractivity contribution in [2.24, 2.45) is 5.92 Å². The Morgan fingerprint density at radius 2 is 1.96 bits per heavy atom. The second-order valence-corrected chi connectivity index (χ2v) is 8.73. The number of carbonyl (C=O) groups excluding carboxylic acids is 1. The second kappa shape index (κ2) is 8.18. The molecule has 0 bridgehead atoms. The lowest BCUT2D eigenvalue weighted by Crippen LogP contribution is -2.48. The van der Waals surface area contributed by atoms with Gasteiger partial charge < -0.3 is 4.90 Å². The highest BCUT2D eigenvalue weighted by Gasteiger charge is 2.53. The molecule has 0 unspecified atom stereocenters. The summed E-state index contributed by atoms with van der Waals surface area (Å²) in [6, 6.07) is 11.1. The monoisotopic (exact) mass is 366 g/mol. The molecule has 4 rings (SSSR count). The van der Waals surface area contributed by atoms with Gasteiger partial charge in [-0.15, -0.1) is 0 Å². The molecule has 1 saturated carbocycles. The van der Waals surface area contributed by atoms with Crippen molar-refractivity contribution in [3.8, 4) is 0 Å². The number of rotatable bonds is 7. The van der Waals surface area contributed by atoms with E-state index in [1.54, 1.807) is 0 Å². The first kappa shape index (κ1) is 18.7. The van der Waals surface area contributed by atoms with Gasteiger partial charge in [-0.3, -0.25) is 9.69 Å². The molecule has 3 aliphatic rings. The van der Waals surface area contributed by atoms with E-state index in [0.717, 1.165) is 38.9 Å². The third kappa shape index (κ3) is 3.99. The minimum absolute atomic E-state index is 0.235. The molecule has 1 saturated heterocycles. The molecule has 1 aliphatic heterocycles. The van der Waals surface area contributed by atoms with Crippen molar-refractivity contribution in [1.82, 2.24) is 9.80 Å². The van der Waals surface area contributed by atoms with Crippen molar-refractivity contribution in [2.45, 2.75) is 63.3 Å². The molecule has 2 atom stereocenters. The lowest BCUT2D eigenvalue weighted by Gasteiger charge is -2.35. The van der Waals surface area contributed by atoms with Crippen LogP contribution in [0, 0.1) is 5.92 Å². The fourth-order valence-corrected chi connectivity index (χ4v) is 5.16. The van der Waals surface area contributed by atoms with Gasteiger partial charge in [0.15, 0.2) is 0 Å². The zero-order valence-corrected chi connectivity index (χ0v) is 16.8. The Bertz CT molecular complexity index is 664. The van der Waals surface area contributed by atoms with E-state index in [-0.39, 0.29) is 5.41 Å². The average molecular weight is 367 g/mol. The standard InChI is InChI=1S/C24H34N2O/c1-2-25-17-9-14-22(25)19-26(18-20-10-5-3-6-11-20)23(27)24(15-16-24)21-12-7-4-8-13-21/h3-5,7-8,12-13,20,22H,2,6,9-11,14-19H2,1H3/t20-,22-/m0/s1. The van der Waals surface area contributed by atoms with E-state index in [1.807, 2.05) is 6.07 Å². The number of hydrogen-bond acceptors (Lipinski definition) is 2. The van der Waals surface area contributed by atoms with Gasteiger partial charge in [-0.25, -0.2) is 0 Å². The molecule has 3 nitrogen and oxygen atoms in total. The van der Waals surface area contributed by atoms with E-state index < -0.39 is 0 Å². The van der Waals surface area contributed by atoms with Gasteiger partial charge in [0.2, 0.25) is 5.91 Å². The van der Waals surface area contributed by atoms with Crippen LogP contribution in [-0.2, 0) is 10.2 Å². The van der Waals surface area contributed by atoms with Crippen LogP contribution in [0.4, 0.5) is 0 Å². The van der Waals surface area contributed by atoms with E-state index in [2.05, 4.69) is 53.1 Å². The summed E-state index contributed by atoms with van der Waals surface area (Å²) < 4.78 is 0. The predicted molar refractivity (Wildman–Crippen MR) is 111 cm³/mol. The van der Waals surface area contributed by atoms with E-state index in [4.69, 9.17) is 0 Å². The van der Waals surface area contributed by atoms with Crippen molar-refractivity contribution in [1.29, 1.82) is 0 Å². The molecule has 0 radical (unpaired) electrons. The quantitative estimate of drug-likeness (QED) is 0.668. The molecule has 1 aromatic carbocycles. The minimum atomic E-state index is -0.235. The lowest BCUT2D eigenvalue weighted by atomic mass is 9.91. The molecule has 0 N–H and O–H groups in total. The van der Waals surface area contributed by atoms with E-state index in [0.29, 0.717) is 17.9 Å². The fourth-order valence-electron chi connectivity index (χ4n) is 5.16. The molecule has 2 aliphatic carbocycles. The molecule has 3 heteroatoms. The van der Waals surface area contributed by atoms with Crippen LogP contribution in [0.1, 0.15) is 57.4 Å². The Morgan fingerprint density at radius 1 is 1.15 bits per heavy atom. The molecule has 146 valence electrons. The van der Waals surface area contributed by atoms with Gasteiger partial charge in [-0.1, -0.05) is 49.4 Å². The summed E-state index contributed by atoms with van der Waals surface area (Å²) >= 11 is 0. The lowest BCUT2D eigenvalue weighted by molar-refractivity contribution is -0.135. The molecule has 1 amide bonds. The Labute approximate surface area is 164 Å². The Balaban J connectivity index is 1.53. The average Bonchev–Trinajstić information content (AvgIpc) is 3.41. The van der Waals surface area contributed by atoms with Crippen molar-refractivity contribution >= 4 is 5.91 Å². The first-order valence-electron chi connectivity index (χ1n) is 11.0. The first-order valence-corrected chi connectivity index (χ1v) is 11.0. The Kier molecular flexibility index (Phi) is 5.68. The molecule has 27 heavy (non-hydrogen) atoms. The van der Waals surface area contributed by atoms with E-state index in [9.17, 15) is 4.79 Å². The van der Waals surface area contributed by atoms with Gasteiger partial charge in [0, 0.05) is 19.1 Å². The fraction of sp³-hybridized carbons (Fsp3) is 0.625. The van der Waals surface area contributed by atoms with Crippen LogP contribution in [-0.4, -0.2) is 47.9 Å². The number of nitrogens with zero attached hydrogens (tertiary/aromatic N) is 2. The van der Waals surface area contributed by atoms with Crippen LogP contribution in [0.3, 0.4) is 0 Å². The van der Waals surface area contributed by atoms with Crippen LogP contribution in [0.25, 0.3) is 0 Å². The summed E-state index contributed by atoms with van der Waals surface area (Å²) in [5, 5.41) is 0. The minimum Gasteiger partial charge on any atom is -0.340 e. The summed E-state index contributed by atoms with van der Waals surface area (Å²) in [6.07, 6.45) is 12.7. The number of hydrogen-bond donors (Lipinski definition) is 0. The summed E-state index contributed by atoms with van der Waals surface area (Å²) in [4.78, 5) is 18.6.